The number of carbonyl (C=O) groups is 1. The number of hydrogen-bond donors (Lipinski definition) is 1. The van der Waals surface area contributed by atoms with E-state index in [2.05, 4.69) is 49.2 Å². The molecule has 0 saturated carbocycles. The first-order valence-electron chi connectivity index (χ1n) is 9.89. The van der Waals surface area contributed by atoms with Gasteiger partial charge in [0.2, 0.25) is 0 Å². The van der Waals surface area contributed by atoms with Crippen molar-refractivity contribution in [3.8, 4) is 11.3 Å². The van der Waals surface area contributed by atoms with E-state index >= 15 is 0 Å². The maximum absolute atomic E-state index is 12.9. The summed E-state index contributed by atoms with van der Waals surface area (Å²) >= 11 is 3.43. The van der Waals surface area contributed by atoms with Gasteiger partial charge in [-0.1, -0.05) is 46.3 Å². The van der Waals surface area contributed by atoms with Crippen molar-refractivity contribution >= 4 is 38.6 Å². The van der Waals surface area contributed by atoms with Crippen LogP contribution in [0.15, 0.2) is 71.2 Å². The number of piperazine rings is 1. The summed E-state index contributed by atoms with van der Waals surface area (Å²) in [7, 11) is 0. The summed E-state index contributed by atoms with van der Waals surface area (Å²) in [5.74, 6) is 0.942. The Morgan fingerprint density at radius 3 is 2.50 bits per heavy atom. The Morgan fingerprint density at radius 2 is 1.70 bits per heavy atom. The third kappa shape index (κ3) is 3.68. The van der Waals surface area contributed by atoms with Crippen molar-refractivity contribution in [1.82, 2.24) is 20.1 Å². The number of aromatic nitrogens is 3. The minimum atomic E-state index is -0.0167. The standard InChI is InChI=1S/C23H20BrN5O/c24-18-8-5-17(6-9-18)20-15-21(27-26-20)23(30)29-13-11-28(12-14-29)22-10-7-16-3-1-2-4-19(16)25-22/h1-10,15H,11-14H2,(H,26,27). The van der Waals surface area contributed by atoms with Gasteiger partial charge in [-0.2, -0.15) is 5.10 Å². The highest BCUT2D eigenvalue weighted by molar-refractivity contribution is 9.10. The molecule has 0 spiro atoms. The molecule has 1 N–H and O–H groups in total. The van der Waals surface area contributed by atoms with Crippen molar-refractivity contribution in [1.29, 1.82) is 0 Å². The lowest BCUT2D eigenvalue weighted by Gasteiger charge is -2.35. The second-order valence-corrected chi connectivity index (χ2v) is 8.23. The Bertz CT molecular complexity index is 1200. The number of rotatable bonds is 3. The lowest BCUT2D eigenvalue weighted by molar-refractivity contribution is 0.0740. The zero-order valence-electron chi connectivity index (χ0n) is 16.3. The Morgan fingerprint density at radius 1 is 0.933 bits per heavy atom. The average Bonchev–Trinajstić information content (AvgIpc) is 3.29. The van der Waals surface area contributed by atoms with Crippen LogP contribution >= 0.6 is 15.9 Å². The molecule has 5 rings (SSSR count). The van der Waals surface area contributed by atoms with E-state index in [4.69, 9.17) is 4.98 Å². The summed E-state index contributed by atoms with van der Waals surface area (Å²) in [4.78, 5) is 21.8. The molecule has 1 fully saturated rings. The second-order valence-electron chi connectivity index (χ2n) is 7.32. The fraction of sp³-hybridized carbons (Fsp3) is 0.174. The van der Waals surface area contributed by atoms with Crippen molar-refractivity contribution in [3.63, 3.8) is 0 Å². The summed E-state index contributed by atoms with van der Waals surface area (Å²) < 4.78 is 1.01. The molecular formula is C23H20BrN5O. The maximum Gasteiger partial charge on any atom is 0.272 e. The molecule has 0 atom stereocenters. The van der Waals surface area contributed by atoms with E-state index in [0.29, 0.717) is 18.8 Å². The fourth-order valence-corrected chi connectivity index (χ4v) is 4.00. The van der Waals surface area contributed by atoms with E-state index in [-0.39, 0.29) is 5.91 Å². The number of para-hydroxylation sites is 1. The second kappa shape index (κ2) is 7.91. The minimum absolute atomic E-state index is 0.0167. The highest BCUT2D eigenvalue weighted by atomic mass is 79.9. The predicted octanol–water partition coefficient (Wildman–Crippen LogP) is 4.35. The zero-order chi connectivity index (χ0) is 20.5. The average molecular weight is 462 g/mol. The lowest BCUT2D eigenvalue weighted by Crippen LogP contribution is -2.49. The van der Waals surface area contributed by atoms with Gasteiger partial charge in [0.05, 0.1) is 11.2 Å². The van der Waals surface area contributed by atoms with Gasteiger partial charge in [-0.25, -0.2) is 4.98 Å². The van der Waals surface area contributed by atoms with E-state index in [1.54, 1.807) is 0 Å². The summed E-state index contributed by atoms with van der Waals surface area (Å²) in [5, 5.41) is 8.35. The number of pyridine rings is 1. The van der Waals surface area contributed by atoms with Gasteiger partial charge in [-0.3, -0.25) is 9.89 Å². The molecule has 1 aliphatic rings. The number of carbonyl (C=O) groups excluding carboxylic acids is 1. The normalized spacial score (nSPS) is 14.3. The minimum Gasteiger partial charge on any atom is -0.353 e. The largest absolute Gasteiger partial charge is 0.353 e. The van der Waals surface area contributed by atoms with Crippen molar-refractivity contribution in [3.05, 3.63) is 76.9 Å². The summed E-state index contributed by atoms with van der Waals surface area (Å²) in [5.41, 5.74) is 3.25. The van der Waals surface area contributed by atoms with Gasteiger partial charge in [-0.05, 0) is 36.4 Å². The van der Waals surface area contributed by atoms with Gasteiger partial charge in [0.1, 0.15) is 11.5 Å². The fourth-order valence-electron chi connectivity index (χ4n) is 3.74. The highest BCUT2D eigenvalue weighted by Gasteiger charge is 2.24. The van der Waals surface area contributed by atoms with E-state index in [9.17, 15) is 4.79 Å². The van der Waals surface area contributed by atoms with E-state index in [1.807, 2.05) is 53.4 Å². The van der Waals surface area contributed by atoms with Gasteiger partial charge in [0.25, 0.3) is 5.91 Å². The topological polar surface area (TPSA) is 65.1 Å². The molecule has 1 amide bonds. The summed E-state index contributed by atoms with van der Waals surface area (Å²) in [6.07, 6.45) is 0. The molecular weight excluding hydrogens is 442 g/mol. The Kier molecular flexibility index (Phi) is 4.96. The van der Waals surface area contributed by atoms with Crippen molar-refractivity contribution in [2.24, 2.45) is 0 Å². The van der Waals surface area contributed by atoms with Crippen LogP contribution in [0, 0.1) is 0 Å². The van der Waals surface area contributed by atoms with Gasteiger partial charge < -0.3 is 9.80 Å². The van der Waals surface area contributed by atoms with Crippen LogP contribution in [0.5, 0.6) is 0 Å². The molecule has 4 aromatic rings. The molecule has 1 aliphatic heterocycles. The number of nitrogens with zero attached hydrogens (tertiary/aromatic N) is 4. The molecule has 7 heteroatoms. The molecule has 150 valence electrons. The molecule has 6 nitrogen and oxygen atoms in total. The number of nitrogens with one attached hydrogen (secondary N) is 1. The Labute approximate surface area is 182 Å². The van der Waals surface area contributed by atoms with Crippen molar-refractivity contribution in [2.75, 3.05) is 31.1 Å². The van der Waals surface area contributed by atoms with Crippen LogP contribution in [0.25, 0.3) is 22.2 Å². The SMILES string of the molecule is O=C(c1cc(-c2ccc(Br)cc2)n[nH]1)N1CCN(c2ccc3ccccc3n2)CC1. The van der Waals surface area contributed by atoms with Crippen LogP contribution in [-0.4, -0.2) is 52.2 Å². The van der Waals surface area contributed by atoms with Crippen LogP contribution in [0.3, 0.4) is 0 Å². The number of halogens is 1. The monoisotopic (exact) mass is 461 g/mol. The quantitative estimate of drug-likeness (QED) is 0.492. The molecule has 1 saturated heterocycles. The summed E-state index contributed by atoms with van der Waals surface area (Å²) in [6.45, 7) is 2.82. The number of fused-ring (bicyclic) bond motifs is 1. The van der Waals surface area contributed by atoms with Crippen LogP contribution in [0.4, 0.5) is 5.82 Å². The van der Waals surface area contributed by atoms with E-state index < -0.39 is 0 Å². The molecule has 0 aliphatic carbocycles. The number of benzene rings is 2. The number of anilines is 1. The first kappa shape index (κ1) is 18.8. The highest BCUT2D eigenvalue weighted by Crippen LogP contribution is 2.22. The van der Waals surface area contributed by atoms with Crippen LogP contribution in [0.2, 0.25) is 0 Å². The molecule has 30 heavy (non-hydrogen) atoms. The predicted molar refractivity (Wildman–Crippen MR) is 122 cm³/mol. The van der Waals surface area contributed by atoms with Crippen LogP contribution < -0.4 is 4.90 Å². The van der Waals surface area contributed by atoms with E-state index in [1.165, 1.54) is 0 Å². The van der Waals surface area contributed by atoms with Crippen molar-refractivity contribution < 1.29 is 4.79 Å². The number of H-pyrrole nitrogens is 1. The maximum atomic E-state index is 12.9. The molecule has 2 aromatic carbocycles. The zero-order valence-corrected chi connectivity index (χ0v) is 17.8. The molecule has 0 radical (unpaired) electrons. The number of hydrogen-bond acceptors (Lipinski definition) is 4. The van der Waals surface area contributed by atoms with Crippen LogP contribution in [-0.2, 0) is 0 Å². The first-order valence-corrected chi connectivity index (χ1v) is 10.7. The van der Waals surface area contributed by atoms with Crippen molar-refractivity contribution in [2.45, 2.75) is 0 Å². The summed E-state index contributed by atoms with van der Waals surface area (Å²) in [6, 6.07) is 22.0. The van der Waals surface area contributed by atoms with Gasteiger partial charge in [-0.15, -0.1) is 0 Å². The lowest BCUT2D eigenvalue weighted by atomic mass is 10.1. The number of amides is 1. The van der Waals surface area contributed by atoms with Gasteiger partial charge in [0, 0.05) is 41.6 Å². The van der Waals surface area contributed by atoms with Gasteiger partial charge >= 0.3 is 0 Å². The molecule has 2 aromatic heterocycles. The third-order valence-corrected chi connectivity index (χ3v) is 5.95. The van der Waals surface area contributed by atoms with Gasteiger partial charge in [0.15, 0.2) is 0 Å². The van der Waals surface area contributed by atoms with Crippen LogP contribution in [0.1, 0.15) is 10.5 Å². The Hall–Kier alpha value is -3.19. The smallest absolute Gasteiger partial charge is 0.272 e. The third-order valence-electron chi connectivity index (χ3n) is 5.42. The molecule has 3 heterocycles. The molecule has 0 unspecified atom stereocenters. The van der Waals surface area contributed by atoms with E-state index in [0.717, 1.165) is 45.5 Å². The first-order chi connectivity index (χ1) is 14.7. The number of aromatic amines is 1. The molecule has 0 bridgehead atoms. The Balaban J connectivity index is 1.26.